The SMILES string of the molecule is O=C(N[C@@H](CCCCO)C(=O)N1CCCCC1)c1ccc(-c2ccccc2)cc1. The molecule has 154 valence electrons. The normalized spacial score (nSPS) is 15.0. The van der Waals surface area contributed by atoms with Crippen LogP contribution in [0.15, 0.2) is 54.6 Å². The number of piperidine rings is 1. The summed E-state index contributed by atoms with van der Waals surface area (Å²) in [6.45, 7) is 1.62. The van der Waals surface area contributed by atoms with Crippen molar-refractivity contribution in [2.24, 2.45) is 0 Å². The number of likely N-dealkylation sites (tertiary alicyclic amines) is 1. The van der Waals surface area contributed by atoms with Crippen molar-refractivity contribution >= 4 is 11.8 Å². The summed E-state index contributed by atoms with van der Waals surface area (Å²) in [4.78, 5) is 27.6. The molecule has 0 aliphatic carbocycles. The van der Waals surface area contributed by atoms with E-state index in [0.717, 1.165) is 43.5 Å². The Kier molecular flexibility index (Phi) is 7.82. The maximum Gasteiger partial charge on any atom is 0.251 e. The first-order chi connectivity index (χ1) is 14.2. The van der Waals surface area contributed by atoms with Crippen molar-refractivity contribution in [2.75, 3.05) is 19.7 Å². The number of nitrogens with one attached hydrogen (secondary N) is 1. The highest BCUT2D eigenvalue weighted by Gasteiger charge is 2.26. The van der Waals surface area contributed by atoms with Crippen LogP contribution in [0.5, 0.6) is 0 Å². The zero-order chi connectivity index (χ0) is 20.5. The molecule has 0 radical (unpaired) electrons. The van der Waals surface area contributed by atoms with E-state index < -0.39 is 6.04 Å². The molecule has 0 spiro atoms. The number of rotatable bonds is 8. The van der Waals surface area contributed by atoms with Gasteiger partial charge in [0.2, 0.25) is 5.91 Å². The fourth-order valence-corrected chi connectivity index (χ4v) is 3.74. The molecule has 5 nitrogen and oxygen atoms in total. The maximum absolute atomic E-state index is 12.9. The highest BCUT2D eigenvalue weighted by Crippen LogP contribution is 2.19. The van der Waals surface area contributed by atoms with Gasteiger partial charge in [-0.3, -0.25) is 9.59 Å². The number of hydrogen-bond donors (Lipinski definition) is 2. The summed E-state index contributed by atoms with van der Waals surface area (Å²) in [6, 6.07) is 16.9. The van der Waals surface area contributed by atoms with E-state index in [4.69, 9.17) is 5.11 Å². The molecule has 0 aromatic heterocycles. The molecule has 0 saturated carbocycles. The van der Waals surface area contributed by atoms with Crippen LogP contribution in [0.1, 0.15) is 48.9 Å². The van der Waals surface area contributed by atoms with Gasteiger partial charge in [-0.2, -0.15) is 0 Å². The van der Waals surface area contributed by atoms with Crippen LogP contribution >= 0.6 is 0 Å². The van der Waals surface area contributed by atoms with Crippen LogP contribution in [-0.2, 0) is 4.79 Å². The van der Waals surface area contributed by atoms with Gasteiger partial charge < -0.3 is 15.3 Å². The highest BCUT2D eigenvalue weighted by molar-refractivity contribution is 5.97. The number of aliphatic hydroxyl groups is 1. The first-order valence-corrected chi connectivity index (χ1v) is 10.5. The number of nitrogens with zero attached hydrogens (tertiary/aromatic N) is 1. The van der Waals surface area contributed by atoms with Gasteiger partial charge in [0.25, 0.3) is 5.91 Å². The first-order valence-electron chi connectivity index (χ1n) is 10.5. The summed E-state index contributed by atoms with van der Waals surface area (Å²) in [7, 11) is 0. The van der Waals surface area contributed by atoms with Crippen molar-refractivity contribution in [3.05, 3.63) is 60.2 Å². The molecule has 3 rings (SSSR count). The van der Waals surface area contributed by atoms with Crippen molar-refractivity contribution in [1.82, 2.24) is 10.2 Å². The van der Waals surface area contributed by atoms with Gasteiger partial charge in [-0.05, 0) is 61.8 Å². The fourth-order valence-electron chi connectivity index (χ4n) is 3.74. The second-order valence-electron chi connectivity index (χ2n) is 7.57. The Hall–Kier alpha value is -2.66. The summed E-state index contributed by atoms with van der Waals surface area (Å²) < 4.78 is 0. The smallest absolute Gasteiger partial charge is 0.251 e. The lowest BCUT2D eigenvalue weighted by molar-refractivity contribution is -0.134. The van der Waals surface area contributed by atoms with E-state index in [1.165, 1.54) is 0 Å². The number of unbranched alkanes of at least 4 members (excludes halogenated alkanes) is 1. The molecular formula is C24H30N2O3. The molecule has 1 heterocycles. The van der Waals surface area contributed by atoms with Gasteiger partial charge in [0.15, 0.2) is 0 Å². The minimum Gasteiger partial charge on any atom is -0.396 e. The van der Waals surface area contributed by atoms with E-state index in [2.05, 4.69) is 5.32 Å². The van der Waals surface area contributed by atoms with E-state index in [-0.39, 0.29) is 18.4 Å². The summed E-state index contributed by atoms with van der Waals surface area (Å²) >= 11 is 0. The molecule has 1 atom stereocenters. The van der Waals surface area contributed by atoms with E-state index in [1.807, 2.05) is 47.4 Å². The topological polar surface area (TPSA) is 69.6 Å². The molecule has 1 fully saturated rings. The van der Waals surface area contributed by atoms with Gasteiger partial charge in [0.05, 0.1) is 0 Å². The van der Waals surface area contributed by atoms with Crippen LogP contribution in [-0.4, -0.2) is 47.6 Å². The standard InChI is InChI=1S/C24H30N2O3/c27-18-8-5-11-22(24(29)26-16-6-2-7-17-26)25-23(28)21-14-12-20(13-15-21)19-9-3-1-4-10-19/h1,3-4,9-10,12-15,22,27H,2,5-8,11,16-18H2,(H,25,28)/t22-/m0/s1. The highest BCUT2D eigenvalue weighted by atomic mass is 16.3. The summed E-state index contributed by atoms with van der Waals surface area (Å²) in [5.74, 6) is -0.235. The molecule has 1 saturated heterocycles. The second-order valence-corrected chi connectivity index (χ2v) is 7.57. The van der Waals surface area contributed by atoms with Crippen LogP contribution < -0.4 is 5.32 Å². The predicted octanol–water partition coefficient (Wildman–Crippen LogP) is 3.63. The number of benzene rings is 2. The van der Waals surface area contributed by atoms with E-state index in [9.17, 15) is 9.59 Å². The molecule has 2 aromatic rings. The Morgan fingerprint density at radius 3 is 2.21 bits per heavy atom. The quantitative estimate of drug-likeness (QED) is 0.672. The Morgan fingerprint density at radius 1 is 0.897 bits per heavy atom. The van der Waals surface area contributed by atoms with Crippen LogP contribution in [0.3, 0.4) is 0 Å². The van der Waals surface area contributed by atoms with Crippen LogP contribution in [0.4, 0.5) is 0 Å². The summed E-state index contributed by atoms with van der Waals surface area (Å²) in [6.07, 6.45) is 5.07. The monoisotopic (exact) mass is 394 g/mol. The lowest BCUT2D eigenvalue weighted by atomic mass is 10.0. The lowest BCUT2D eigenvalue weighted by Crippen LogP contribution is -2.50. The maximum atomic E-state index is 12.9. The Balaban J connectivity index is 1.67. The van der Waals surface area contributed by atoms with Crippen molar-refractivity contribution in [3.8, 4) is 11.1 Å². The number of amides is 2. The minimum atomic E-state index is -0.541. The molecular weight excluding hydrogens is 364 g/mol. The summed E-state index contributed by atoms with van der Waals surface area (Å²) in [5.41, 5.74) is 2.69. The molecule has 5 heteroatoms. The molecule has 0 bridgehead atoms. The minimum absolute atomic E-state index is 0.00287. The van der Waals surface area contributed by atoms with Crippen molar-refractivity contribution in [3.63, 3.8) is 0 Å². The van der Waals surface area contributed by atoms with Gasteiger partial charge in [-0.25, -0.2) is 0 Å². The van der Waals surface area contributed by atoms with E-state index in [1.54, 1.807) is 12.1 Å². The molecule has 2 N–H and O–H groups in total. The van der Waals surface area contributed by atoms with Crippen LogP contribution in [0.25, 0.3) is 11.1 Å². The third-order valence-electron chi connectivity index (χ3n) is 5.43. The molecule has 1 aliphatic heterocycles. The largest absolute Gasteiger partial charge is 0.396 e. The number of aliphatic hydroxyl groups excluding tert-OH is 1. The number of hydrogen-bond acceptors (Lipinski definition) is 3. The van der Waals surface area contributed by atoms with Crippen molar-refractivity contribution < 1.29 is 14.7 Å². The van der Waals surface area contributed by atoms with E-state index >= 15 is 0 Å². The molecule has 29 heavy (non-hydrogen) atoms. The van der Waals surface area contributed by atoms with Crippen molar-refractivity contribution in [1.29, 1.82) is 0 Å². The average Bonchev–Trinajstić information content (AvgIpc) is 2.79. The Labute approximate surface area is 172 Å². The fraction of sp³-hybridized carbons (Fsp3) is 0.417. The first kappa shape index (κ1) is 21.1. The third-order valence-corrected chi connectivity index (χ3v) is 5.43. The zero-order valence-corrected chi connectivity index (χ0v) is 16.8. The summed E-state index contributed by atoms with van der Waals surface area (Å²) in [5, 5.41) is 12.0. The van der Waals surface area contributed by atoms with Gasteiger partial charge in [0, 0.05) is 25.3 Å². The zero-order valence-electron chi connectivity index (χ0n) is 16.8. The molecule has 1 aliphatic rings. The third kappa shape index (κ3) is 5.91. The van der Waals surface area contributed by atoms with Gasteiger partial charge in [-0.15, -0.1) is 0 Å². The Morgan fingerprint density at radius 2 is 1.55 bits per heavy atom. The van der Waals surface area contributed by atoms with E-state index in [0.29, 0.717) is 24.8 Å². The second kappa shape index (κ2) is 10.8. The molecule has 2 amide bonds. The Bertz CT molecular complexity index is 784. The van der Waals surface area contributed by atoms with Gasteiger partial charge >= 0.3 is 0 Å². The number of carbonyl (C=O) groups is 2. The van der Waals surface area contributed by atoms with Crippen LogP contribution in [0.2, 0.25) is 0 Å². The van der Waals surface area contributed by atoms with Gasteiger partial charge in [-0.1, -0.05) is 42.5 Å². The molecule has 0 unspecified atom stereocenters. The predicted molar refractivity (Wildman–Crippen MR) is 115 cm³/mol. The van der Waals surface area contributed by atoms with Crippen LogP contribution in [0, 0.1) is 0 Å². The lowest BCUT2D eigenvalue weighted by Gasteiger charge is -2.31. The average molecular weight is 395 g/mol. The van der Waals surface area contributed by atoms with Gasteiger partial charge in [0.1, 0.15) is 6.04 Å². The number of carbonyl (C=O) groups excluding carboxylic acids is 2. The molecule has 2 aromatic carbocycles. The van der Waals surface area contributed by atoms with Crippen molar-refractivity contribution in [2.45, 2.75) is 44.6 Å².